The van der Waals surface area contributed by atoms with Crippen LogP contribution in [0.25, 0.3) is 10.8 Å². The van der Waals surface area contributed by atoms with Gasteiger partial charge in [-0.3, -0.25) is 0 Å². The molecule has 3 aromatic carbocycles. The Bertz CT molecular complexity index is 1170. The number of nitrogens with zero attached hydrogens (tertiary/aromatic N) is 4. The lowest BCUT2D eigenvalue weighted by atomic mass is 10.0. The average molecular weight is 440 g/mol. The third-order valence-electron chi connectivity index (χ3n) is 4.69. The molecule has 0 saturated carbocycles. The van der Waals surface area contributed by atoms with Crippen LogP contribution in [0.5, 0.6) is 5.75 Å². The molecule has 0 fully saturated rings. The minimum atomic E-state index is 0.262. The molecular formula is C22H19Cl2N5O. The van der Waals surface area contributed by atoms with Gasteiger partial charge in [0.15, 0.2) is 0 Å². The van der Waals surface area contributed by atoms with Crippen molar-refractivity contribution in [1.29, 1.82) is 0 Å². The smallest absolute Gasteiger partial charge is 0.243 e. The molecule has 0 spiro atoms. The molecular weight excluding hydrogens is 421 g/mol. The van der Waals surface area contributed by atoms with Crippen molar-refractivity contribution >= 4 is 39.9 Å². The average Bonchev–Trinajstić information content (AvgIpc) is 3.19. The van der Waals surface area contributed by atoms with Crippen molar-refractivity contribution < 1.29 is 4.74 Å². The van der Waals surface area contributed by atoms with Crippen LogP contribution in [0.2, 0.25) is 10.0 Å². The predicted molar refractivity (Wildman–Crippen MR) is 120 cm³/mol. The summed E-state index contributed by atoms with van der Waals surface area (Å²) >= 11 is 12.6. The van der Waals surface area contributed by atoms with Crippen LogP contribution in [0, 0.1) is 0 Å². The zero-order chi connectivity index (χ0) is 20.9. The molecule has 1 N–H and O–H groups in total. The summed E-state index contributed by atoms with van der Waals surface area (Å²) < 4.78 is 7.80. The van der Waals surface area contributed by atoms with Gasteiger partial charge in [0.25, 0.3) is 0 Å². The molecule has 0 unspecified atom stereocenters. The third kappa shape index (κ3) is 4.25. The molecule has 1 heterocycles. The van der Waals surface area contributed by atoms with Crippen LogP contribution in [-0.2, 0) is 19.7 Å². The molecule has 0 atom stereocenters. The molecule has 0 aliphatic heterocycles. The van der Waals surface area contributed by atoms with Gasteiger partial charge in [0.05, 0.1) is 6.54 Å². The van der Waals surface area contributed by atoms with E-state index in [1.807, 2.05) is 30.3 Å². The van der Waals surface area contributed by atoms with Crippen LogP contribution in [0.15, 0.2) is 67.3 Å². The summed E-state index contributed by atoms with van der Waals surface area (Å²) in [6, 6.07) is 17.5. The zero-order valence-electron chi connectivity index (χ0n) is 16.1. The van der Waals surface area contributed by atoms with Crippen molar-refractivity contribution in [2.45, 2.75) is 19.7 Å². The molecule has 152 valence electrons. The number of nitrogens with one attached hydrogen (secondary N) is 1. The van der Waals surface area contributed by atoms with Gasteiger partial charge in [-0.15, -0.1) is 6.58 Å². The number of halogens is 2. The Hall–Kier alpha value is -3.09. The van der Waals surface area contributed by atoms with E-state index in [-0.39, 0.29) is 6.61 Å². The van der Waals surface area contributed by atoms with Crippen LogP contribution >= 0.6 is 23.2 Å². The van der Waals surface area contributed by atoms with Crippen LogP contribution in [0.4, 0.5) is 5.95 Å². The highest BCUT2D eigenvalue weighted by atomic mass is 35.5. The monoisotopic (exact) mass is 439 g/mol. The Labute approximate surface area is 184 Å². The van der Waals surface area contributed by atoms with E-state index in [1.165, 1.54) is 0 Å². The number of fused-ring (bicyclic) bond motifs is 1. The van der Waals surface area contributed by atoms with Gasteiger partial charge >= 0.3 is 0 Å². The highest BCUT2D eigenvalue weighted by Crippen LogP contribution is 2.31. The summed E-state index contributed by atoms with van der Waals surface area (Å²) in [6.07, 6.45) is 1.74. The maximum atomic E-state index is 6.30. The zero-order valence-corrected chi connectivity index (χ0v) is 17.6. The summed E-state index contributed by atoms with van der Waals surface area (Å²) in [7, 11) is 0. The van der Waals surface area contributed by atoms with E-state index in [2.05, 4.69) is 39.6 Å². The van der Waals surface area contributed by atoms with Gasteiger partial charge in [0.1, 0.15) is 12.4 Å². The van der Waals surface area contributed by atoms with Crippen LogP contribution in [0.1, 0.15) is 11.1 Å². The lowest BCUT2D eigenvalue weighted by Gasteiger charge is -2.16. The molecule has 0 saturated heterocycles. The molecule has 30 heavy (non-hydrogen) atoms. The highest BCUT2D eigenvalue weighted by Gasteiger charge is 2.13. The standard InChI is InChI=1S/C22H19Cl2N5O/c1-2-12-29-22(26-27-28-29)25-13-17-16-7-4-3-6-15(16)10-11-21(17)30-14-18-19(23)8-5-9-20(18)24/h2-11H,1,12-14H2,(H,25,26,28). The van der Waals surface area contributed by atoms with Crippen molar-refractivity contribution in [2.75, 3.05) is 5.32 Å². The van der Waals surface area contributed by atoms with Crippen molar-refractivity contribution in [3.05, 3.63) is 88.4 Å². The van der Waals surface area contributed by atoms with E-state index in [1.54, 1.807) is 22.9 Å². The van der Waals surface area contributed by atoms with E-state index in [9.17, 15) is 0 Å². The first kappa shape index (κ1) is 20.2. The Kier molecular flexibility index (Phi) is 6.16. The second-order valence-corrected chi connectivity index (χ2v) is 7.39. The second kappa shape index (κ2) is 9.15. The molecule has 6 nitrogen and oxygen atoms in total. The minimum absolute atomic E-state index is 0.262. The number of hydrogen-bond donors (Lipinski definition) is 1. The van der Waals surface area contributed by atoms with Gasteiger partial charge < -0.3 is 10.1 Å². The molecule has 0 amide bonds. The van der Waals surface area contributed by atoms with Crippen molar-refractivity contribution in [1.82, 2.24) is 20.2 Å². The molecule has 0 aliphatic carbocycles. The fraction of sp³-hybridized carbons (Fsp3) is 0.136. The predicted octanol–water partition coefficient (Wildman–Crippen LogP) is 5.51. The third-order valence-corrected chi connectivity index (χ3v) is 5.40. The number of tetrazole rings is 1. The summed E-state index contributed by atoms with van der Waals surface area (Å²) in [6.45, 7) is 4.98. The van der Waals surface area contributed by atoms with Crippen LogP contribution in [0.3, 0.4) is 0 Å². The van der Waals surface area contributed by atoms with Crippen molar-refractivity contribution in [3.63, 3.8) is 0 Å². The second-order valence-electron chi connectivity index (χ2n) is 6.58. The van der Waals surface area contributed by atoms with Crippen LogP contribution in [-0.4, -0.2) is 20.2 Å². The SMILES string of the molecule is C=CCn1nnnc1NCc1c(OCc2c(Cl)cccc2Cl)ccc2ccccc12. The number of benzene rings is 3. The van der Waals surface area contributed by atoms with Crippen molar-refractivity contribution in [3.8, 4) is 5.75 Å². The van der Waals surface area contributed by atoms with E-state index in [4.69, 9.17) is 27.9 Å². The molecule has 0 bridgehead atoms. The molecule has 4 rings (SSSR count). The minimum Gasteiger partial charge on any atom is -0.488 e. The van der Waals surface area contributed by atoms with Gasteiger partial charge in [0, 0.05) is 27.7 Å². The summed E-state index contributed by atoms with van der Waals surface area (Å²) in [5.41, 5.74) is 1.74. The number of aromatic nitrogens is 4. The normalized spacial score (nSPS) is 10.9. The van der Waals surface area contributed by atoms with Gasteiger partial charge in [-0.2, -0.15) is 0 Å². The Balaban J connectivity index is 1.64. The number of ether oxygens (including phenoxy) is 1. The highest BCUT2D eigenvalue weighted by molar-refractivity contribution is 6.35. The fourth-order valence-corrected chi connectivity index (χ4v) is 3.70. The van der Waals surface area contributed by atoms with Gasteiger partial charge in [-0.1, -0.05) is 70.8 Å². The quantitative estimate of drug-likeness (QED) is 0.366. The largest absolute Gasteiger partial charge is 0.488 e. The Morgan fingerprint density at radius 3 is 2.60 bits per heavy atom. The maximum absolute atomic E-state index is 6.30. The molecule has 0 aliphatic rings. The Morgan fingerprint density at radius 1 is 1.00 bits per heavy atom. The van der Waals surface area contributed by atoms with E-state index >= 15 is 0 Å². The summed E-state index contributed by atoms with van der Waals surface area (Å²) in [5, 5.41) is 18.4. The lowest BCUT2D eigenvalue weighted by molar-refractivity contribution is 0.304. The van der Waals surface area contributed by atoms with Crippen LogP contribution < -0.4 is 10.1 Å². The number of rotatable bonds is 8. The molecule has 1 aromatic heterocycles. The van der Waals surface area contributed by atoms with E-state index in [0.29, 0.717) is 29.1 Å². The number of anilines is 1. The lowest BCUT2D eigenvalue weighted by Crippen LogP contribution is -2.10. The van der Waals surface area contributed by atoms with Gasteiger partial charge in [-0.25, -0.2) is 4.68 Å². The van der Waals surface area contributed by atoms with E-state index in [0.717, 1.165) is 27.6 Å². The fourth-order valence-electron chi connectivity index (χ4n) is 3.20. The first-order chi connectivity index (χ1) is 14.7. The summed E-state index contributed by atoms with van der Waals surface area (Å²) in [5.74, 6) is 1.29. The van der Waals surface area contributed by atoms with E-state index < -0.39 is 0 Å². The first-order valence-electron chi connectivity index (χ1n) is 9.34. The summed E-state index contributed by atoms with van der Waals surface area (Å²) in [4.78, 5) is 0. The maximum Gasteiger partial charge on any atom is 0.243 e. The number of allylic oxidation sites excluding steroid dienone is 1. The first-order valence-corrected chi connectivity index (χ1v) is 10.1. The molecule has 0 radical (unpaired) electrons. The van der Waals surface area contributed by atoms with Gasteiger partial charge in [-0.05, 0) is 39.4 Å². The molecule has 8 heteroatoms. The van der Waals surface area contributed by atoms with Gasteiger partial charge in [0.2, 0.25) is 5.95 Å². The Morgan fingerprint density at radius 2 is 1.80 bits per heavy atom. The molecule has 4 aromatic rings. The van der Waals surface area contributed by atoms with Crippen molar-refractivity contribution in [2.24, 2.45) is 0 Å². The number of hydrogen-bond acceptors (Lipinski definition) is 5. The topological polar surface area (TPSA) is 64.9 Å².